The van der Waals surface area contributed by atoms with Crippen molar-refractivity contribution in [3.05, 3.63) is 47.5 Å². The number of aromatic amines is 1. The van der Waals surface area contributed by atoms with E-state index in [1.165, 1.54) is 10.3 Å². The molecule has 2 N–H and O–H groups in total. The first-order valence-corrected chi connectivity index (χ1v) is 7.20. The molecule has 4 nitrogen and oxygen atoms in total. The lowest BCUT2D eigenvalue weighted by Crippen LogP contribution is -2.23. The number of hydrogen-bond acceptors (Lipinski definition) is 4. The van der Waals surface area contributed by atoms with Gasteiger partial charge in [0.2, 0.25) is 0 Å². The van der Waals surface area contributed by atoms with Crippen molar-refractivity contribution in [2.24, 2.45) is 0 Å². The molecule has 98 valence electrons. The fraction of sp³-hybridized carbons (Fsp3) is 0.286. The van der Waals surface area contributed by atoms with Gasteiger partial charge in [0, 0.05) is 24.6 Å². The third-order valence-corrected chi connectivity index (χ3v) is 4.11. The normalized spacial score (nSPS) is 14.6. The zero-order valence-electron chi connectivity index (χ0n) is 10.9. The number of H-pyrrole nitrogens is 1. The predicted molar refractivity (Wildman–Crippen MR) is 78.2 cm³/mol. The Bertz CT molecular complexity index is 659. The van der Waals surface area contributed by atoms with Gasteiger partial charge >= 0.3 is 0 Å². The van der Waals surface area contributed by atoms with Gasteiger partial charge in [-0.05, 0) is 36.9 Å². The predicted octanol–water partition coefficient (Wildman–Crippen LogP) is 3.43. The summed E-state index contributed by atoms with van der Waals surface area (Å²) in [4.78, 5) is 11.9. The van der Waals surface area contributed by atoms with Crippen LogP contribution in [0.5, 0.6) is 0 Å². The first-order chi connectivity index (χ1) is 9.24. The van der Waals surface area contributed by atoms with Crippen LogP contribution in [0.15, 0.2) is 36.1 Å². The van der Waals surface area contributed by atoms with E-state index in [9.17, 15) is 0 Å². The van der Waals surface area contributed by atoms with Crippen molar-refractivity contribution in [3.63, 3.8) is 0 Å². The summed E-state index contributed by atoms with van der Waals surface area (Å²) >= 11 is 1.73. The average molecular weight is 272 g/mol. The van der Waals surface area contributed by atoms with Crippen LogP contribution in [-0.4, -0.2) is 15.0 Å². The highest BCUT2D eigenvalue weighted by atomic mass is 32.1. The van der Waals surface area contributed by atoms with Crippen LogP contribution >= 0.6 is 11.3 Å². The molecular formula is C14H16N4S. The highest BCUT2D eigenvalue weighted by molar-refractivity contribution is 7.17. The second-order valence-corrected chi connectivity index (χ2v) is 5.60. The van der Waals surface area contributed by atoms with Crippen molar-refractivity contribution in [3.8, 4) is 0 Å². The topological polar surface area (TPSA) is 53.6 Å². The van der Waals surface area contributed by atoms with Crippen molar-refractivity contribution in [2.75, 3.05) is 0 Å². The largest absolute Gasteiger partial charge is 0.347 e. The fourth-order valence-corrected chi connectivity index (χ4v) is 2.95. The van der Waals surface area contributed by atoms with E-state index in [0.29, 0.717) is 0 Å². The monoisotopic (exact) mass is 272 g/mol. The standard InChI is InChI=1S/C14H16N4S/c1-9(18-10(2)14-15-4-5-16-14)11-7-13-12(17-8-11)3-6-19-13/h3-10,18H,1-2H3,(H,15,16). The van der Waals surface area contributed by atoms with E-state index in [4.69, 9.17) is 0 Å². The van der Waals surface area contributed by atoms with Crippen molar-refractivity contribution in [1.82, 2.24) is 20.3 Å². The molecule has 3 heterocycles. The molecule has 19 heavy (non-hydrogen) atoms. The molecule has 5 heteroatoms. The van der Waals surface area contributed by atoms with Gasteiger partial charge in [-0.25, -0.2) is 4.98 Å². The van der Waals surface area contributed by atoms with Crippen LogP contribution < -0.4 is 5.32 Å². The molecule has 2 unspecified atom stereocenters. The lowest BCUT2D eigenvalue weighted by Gasteiger charge is -2.18. The second-order valence-electron chi connectivity index (χ2n) is 4.66. The first kappa shape index (κ1) is 12.3. The average Bonchev–Trinajstić information content (AvgIpc) is 3.09. The maximum atomic E-state index is 4.48. The number of aromatic nitrogens is 3. The number of imidazole rings is 1. The van der Waals surface area contributed by atoms with Crippen molar-refractivity contribution in [1.29, 1.82) is 0 Å². The third-order valence-electron chi connectivity index (χ3n) is 3.25. The van der Waals surface area contributed by atoms with E-state index in [-0.39, 0.29) is 12.1 Å². The van der Waals surface area contributed by atoms with Crippen LogP contribution in [0, 0.1) is 0 Å². The van der Waals surface area contributed by atoms with E-state index in [1.54, 1.807) is 17.5 Å². The highest BCUT2D eigenvalue weighted by Crippen LogP contribution is 2.23. The molecule has 0 aliphatic rings. The Balaban J connectivity index is 1.77. The maximum absolute atomic E-state index is 4.48. The second kappa shape index (κ2) is 5.11. The number of hydrogen-bond donors (Lipinski definition) is 2. The Kier molecular flexibility index (Phi) is 3.31. The summed E-state index contributed by atoms with van der Waals surface area (Å²) in [6, 6.07) is 4.68. The summed E-state index contributed by atoms with van der Waals surface area (Å²) < 4.78 is 1.23. The van der Waals surface area contributed by atoms with Crippen molar-refractivity contribution < 1.29 is 0 Å². The number of nitrogens with one attached hydrogen (secondary N) is 2. The molecule has 0 spiro atoms. The molecule has 3 aromatic heterocycles. The summed E-state index contributed by atoms with van der Waals surface area (Å²) in [6.07, 6.45) is 5.57. The van der Waals surface area contributed by atoms with Crippen LogP contribution in [0.25, 0.3) is 10.2 Å². The molecule has 0 aliphatic carbocycles. The van der Waals surface area contributed by atoms with E-state index in [1.807, 2.05) is 18.5 Å². The summed E-state index contributed by atoms with van der Waals surface area (Å²) in [7, 11) is 0. The number of rotatable bonds is 4. The molecule has 0 bridgehead atoms. The third kappa shape index (κ3) is 2.52. The van der Waals surface area contributed by atoms with Gasteiger partial charge in [0.05, 0.1) is 16.3 Å². The number of thiophene rings is 1. The molecule has 0 aromatic carbocycles. The van der Waals surface area contributed by atoms with Gasteiger partial charge < -0.3 is 10.3 Å². The minimum absolute atomic E-state index is 0.184. The van der Waals surface area contributed by atoms with Crippen molar-refractivity contribution in [2.45, 2.75) is 25.9 Å². The molecule has 0 amide bonds. The molecule has 2 atom stereocenters. The highest BCUT2D eigenvalue weighted by Gasteiger charge is 2.13. The van der Waals surface area contributed by atoms with Gasteiger partial charge in [0.15, 0.2) is 0 Å². The Morgan fingerprint density at radius 3 is 2.95 bits per heavy atom. The van der Waals surface area contributed by atoms with Crippen LogP contribution in [0.3, 0.4) is 0 Å². The van der Waals surface area contributed by atoms with Gasteiger partial charge in [-0.3, -0.25) is 4.98 Å². The van der Waals surface area contributed by atoms with E-state index >= 15 is 0 Å². The first-order valence-electron chi connectivity index (χ1n) is 6.32. The summed E-state index contributed by atoms with van der Waals surface area (Å²) in [5.74, 6) is 0.956. The van der Waals surface area contributed by atoms with Gasteiger partial charge in [-0.15, -0.1) is 11.3 Å². The minimum atomic E-state index is 0.184. The molecule has 0 radical (unpaired) electrons. The SMILES string of the molecule is CC(NC(C)c1ncc[nH]1)c1cnc2ccsc2c1. The quantitative estimate of drug-likeness (QED) is 0.765. The lowest BCUT2D eigenvalue weighted by atomic mass is 10.1. The number of fused-ring (bicyclic) bond motifs is 1. The van der Waals surface area contributed by atoms with E-state index in [2.05, 4.69) is 45.6 Å². The van der Waals surface area contributed by atoms with Crippen LogP contribution in [0.1, 0.15) is 37.3 Å². The molecule has 0 saturated carbocycles. The number of nitrogens with zero attached hydrogens (tertiary/aromatic N) is 2. The van der Waals surface area contributed by atoms with Crippen molar-refractivity contribution >= 4 is 21.6 Å². The lowest BCUT2D eigenvalue weighted by molar-refractivity contribution is 0.479. The molecule has 3 aromatic rings. The summed E-state index contributed by atoms with van der Waals surface area (Å²) in [5, 5.41) is 5.60. The van der Waals surface area contributed by atoms with E-state index in [0.717, 1.165) is 11.3 Å². The fourth-order valence-electron chi connectivity index (χ4n) is 2.16. The molecule has 3 rings (SSSR count). The van der Waals surface area contributed by atoms with Gasteiger partial charge in [-0.1, -0.05) is 0 Å². The zero-order chi connectivity index (χ0) is 13.2. The number of pyridine rings is 1. The van der Waals surface area contributed by atoms with Crippen LogP contribution in [0.2, 0.25) is 0 Å². The molecule has 0 fully saturated rings. The van der Waals surface area contributed by atoms with E-state index < -0.39 is 0 Å². The maximum Gasteiger partial charge on any atom is 0.122 e. The van der Waals surface area contributed by atoms with Crippen LogP contribution in [0.4, 0.5) is 0 Å². The smallest absolute Gasteiger partial charge is 0.122 e. The zero-order valence-corrected chi connectivity index (χ0v) is 11.7. The summed E-state index contributed by atoms with van der Waals surface area (Å²) in [6.45, 7) is 4.25. The van der Waals surface area contributed by atoms with Gasteiger partial charge in [-0.2, -0.15) is 0 Å². The Hall–Kier alpha value is -1.72. The van der Waals surface area contributed by atoms with Gasteiger partial charge in [0.25, 0.3) is 0 Å². The summed E-state index contributed by atoms with van der Waals surface area (Å²) in [5.41, 5.74) is 2.27. The molecule has 0 aliphatic heterocycles. The Morgan fingerprint density at radius 2 is 2.16 bits per heavy atom. The molecule has 0 saturated heterocycles. The Labute approximate surface area is 115 Å². The van der Waals surface area contributed by atoms with Gasteiger partial charge in [0.1, 0.15) is 5.82 Å². The molecular weight excluding hydrogens is 256 g/mol. The van der Waals surface area contributed by atoms with Crippen LogP contribution in [-0.2, 0) is 0 Å². The Morgan fingerprint density at radius 1 is 1.26 bits per heavy atom. The minimum Gasteiger partial charge on any atom is -0.347 e.